The van der Waals surface area contributed by atoms with Crippen molar-refractivity contribution in [2.24, 2.45) is 5.92 Å². The summed E-state index contributed by atoms with van der Waals surface area (Å²) in [6.07, 6.45) is 0. The lowest BCUT2D eigenvalue weighted by atomic mass is 10.1. The van der Waals surface area contributed by atoms with Crippen molar-refractivity contribution in [3.8, 4) is 5.75 Å². The number of hydrogen-bond acceptors (Lipinski definition) is 4. The molecule has 6 heteroatoms. The Morgan fingerprint density at radius 2 is 2.25 bits per heavy atom. The van der Waals surface area contributed by atoms with Crippen LogP contribution in [0.1, 0.15) is 19.4 Å². The highest BCUT2D eigenvalue weighted by Gasteiger charge is 2.16. The Morgan fingerprint density at radius 3 is 2.80 bits per heavy atom. The van der Waals surface area contributed by atoms with Crippen LogP contribution >= 0.6 is 15.9 Å². The minimum absolute atomic E-state index is 0.0254. The zero-order chi connectivity index (χ0) is 15.1. The Balaban J connectivity index is 2.78. The number of nitrogens with zero attached hydrogens (tertiary/aromatic N) is 1. The molecule has 0 radical (unpaired) electrons. The van der Waals surface area contributed by atoms with Crippen LogP contribution in [0.5, 0.6) is 5.75 Å². The average molecular weight is 343 g/mol. The van der Waals surface area contributed by atoms with E-state index < -0.39 is 4.92 Å². The number of hydrogen-bond donors (Lipinski definition) is 1. The largest absolute Gasteiger partial charge is 0.481 e. The molecule has 0 fully saturated rings. The van der Waals surface area contributed by atoms with Gasteiger partial charge in [0.15, 0.2) is 5.75 Å². The smallest absolute Gasteiger partial charge is 0.311 e. The van der Waals surface area contributed by atoms with Crippen molar-refractivity contribution in [1.82, 2.24) is 5.32 Å². The molecular weight excluding hydrogens is 324 g/mol. The van der Waals surface area contributed by atoms with Gasteiger partial charge in [-0.25, -0.2) is 0 Å². The molecule has 0 bridgehead atoms. The monoisotopic (exact) mass is 342 g/mol. The predicted octanol–water partition coefficient (Wildman–Crippen LogP) is 3.63. The van der Waals surface area contributed by atoms with Gasteiger partial charge in [-0.1, -0.05) is 42.4 Å². The highest BCUT2D eigenvalue weighted by atomic mass is 79.9. The summed E-state index contributed by atoms with van der Waals surface area (Å²) in [4.78, 5) is 10.6. The maximum absolute atomic E-state index is 11.1. The third-order valence-electron chi connectivity index (χ3n) is 2.49. The first kappa shape index (κ1) is 16.7. The van der Waals surface area contributed by atoms with Gasteiger partial charge in [-0.3, -0.25) is 10.1 Å². The standard InChI is InChI=1S/C14H19BrN2O3/c1-10(2)7-16-8-12-4-5-14(20-9-11(3)15)13(6-12)17(18)19/h4-6,10,16H,3,7-9H2,1-2H3. The molecule has 20 heavy (non-hydrogen) atoms. The summed E-state index contributed by atoms with van der Waals surface area (Å²) >= 11 is 3.16. The molecule has 1 N–H and O–H groups in total. The Labute approximate surface area is 127 Å². The van der Waals surface area contributed by atoms with E-state index in [1.165, 1.54) is 0 Å². The van der Waals surface area contributed by atoms with E-state index in [0.717, 1.165) is 12.1 Å². The fraction of sp³-hybridized carbons (Fsp3) is 0.429. The zero-order valence-corrected chi connectivity index (χ0v) is 13.3. The second-order valence-electron chi connectivity index (χ2n) is 4.89. The quantitative estimate of drug-likeness (QED) is 0.578. The molecule has 0 aliphatic carbocycles. The minimum Gasteiger partial charge on any atom is -0.481 e. The second kappa shape index (κ2) is 8.01. The van der Waals surface area contributed by atoms with Gasteiger partial charge in [0.25, 0.3) is 0 Å². The average Bonchev–Trinajstić information content (AvgIpc) is 2.36. The van der Waals surface area contributed by atoms with Crippen LogP contribution in [0.25, 0.3) is 0 Å². The van der Waals surface area contributed by atoms with Crippen LogP contribution in [0.15, 0.2) is 29.3 Å². The van der Waals surface area contributed by atoms with Crippen molar-refractivity contribution in [3.05, 3.63) is 44.9 Å². The summed E-state index contributed by atoms with van der Waals surface area (Å²) in [6, 6.07) is 4.99. The maximum Gasteiger partial charge on any atom is 0.311 e. The molecule has 0 aliphatic heterocycles. The van der Waals surface area contributed by atoms with Gasteiger partial charge in [-0.2, -0.15) is 0 Å². The van der Waals surface area contributed by atoms with E-state index in [-0.39, 0.29) is 18.0 Å². The molecule has 5 nitrogen and oxygen atoms in total. The molecule has 0 amide bonds. The molecule has 1 aromatic rings. The summed E-state index contributed by atoms with van der Waals surface area (Å²) in [5.41, 5.74) is 0.838. The first-order valence-corrected chi connectivity index (χ1v) is 7.13. The van der Waals surface area contributed by atoms with Gasteiger partial charge in [0.2, 0.25) is 0 Å². The van der Waals surface area contributed by atoms with Gasteiger partial charge >= 0.3 is 5.69 Å². The van der Waals surface area contributed by atoms with Gasteiger partial charge in [0, 0.05) is 17.1 Å². The Kier molecular flexibility index (Phi) is 6.67. The summed E-state index contributed by atoms with van der Waals surface area (Å²) in [6.45, 7) is 9.52. The number of benzene rings is 1. The van der Waals surface area contributed by atoms with Gasteiger partial charge in [0.05, 0.1) is 4.92 Å². The molecule has 0 aliphatic rings. The number of halogens is 1. The van der Waals surface area contributed by atoms with Crippen LogP contribution in [0, 0.1) is 16.0 Å². The van der Waals surface area contributed by atoms with Gasteiger partial charge in [0.1, 0.15) is 6.61 Å². The van der Waals surface area contributed by atoms with E-state index in [1.807, 2.05) is 6.07 Å². The fourth-order valence-electron chi connectivity index (χ4n) is 1.60. The van der Waals surface area contributed by atoms with Crippen LogP contribution in [0.2, 0.25) is 0 Å². The number of nitrogens with one attached hydrogen (secondary N) is 1. The number of nitro benzene ring substituents is 1. The van der Waals surface area contributed by atoms with Crippen molar-refractivity contribution in [1.29, 1.82) is 0 Å². The lowest BCUT2D eigenvalue weighted by molar-refractivity contribution is -0.385. The van der Waals surface area contributed by atoms with Crippen molar-refractivity contribution >= 4 is 21.6 Å². The third kappa shape index (κ3) is 5.71. The summed E-state index contributed by atoms with van der Waals surface area (Å²) in [5, 5.41) is 14.3. The Hall–Kier alpha value is -1.40. The van der Waals surface area contributed by atoms with Crippen LogP contribution in [-0.2, 0) is 6.54 Å². The molecular formula is C14H19BrN2O3. The summed E-state index contributed by atoms with van der Waals surface area (Å²) < 4.78 is 5.98. The first-order chi connectivity index (χ1) is 9.40. The topological polar surface area (TPSA) is 64.4 Å². The van der Waals surface area contributed by atoms with Crippen molar-refractivity contribution in [3.63, 3.8) is 0 Å². The molecule has 1 aromatic carbocycles. The lowest BCUT2D eigenvalue weighted by Gasteiger charge is -2.09. The van der Waals surface area contributed by atoms with E-state index in [0.29, 0.717) is 16.9 Å². The first-order valence-electron chi connectivity index (χ1n) is 6.34. The second-order valence-corrected chi connectivity index (χ2v) is 6.01. The lowest BCUT2D eigenvalue weighted by Crippen LogP contribution is -2.19. The van der Waals surface area contributed by atoms with E-state index in [4.69, 9.17) is 4.74 Å². The van der Waals surface area contributed by atoms with Gasteiger partial charge in [-0.15, -0.1) is 0 Å². The number of rotatable bonds is 8. The highest BCUT2D eigenvalue weighted by molar-refractivity contribution is 9.11. The fourth-order valence-corrected chi connectivity index (χ4v) is 1.71. The summed E-state index contributed by atoms with van der Waals surface area (Å²) in [7, 11) is 0. The Morgan fingerprint density at radius 1 is 1.55 bits per heavy atom. The zero-order valence-electron chi connectivity index (χ0n) is 11.7. The van der Waals surface area contributed by atoms with Gasteiger partial charge < -0.3 is 10.1 Å². The molecule has 0 aromatic heterocycles. The van der Waals surface area contributed by atoms with Crippen LogP contribution in [0.4, 0.5) is 5.69 Å². The van der Waals surface area contributed by atoms with E-state index in [9.17, 15) is 10.1 Å². The van der Waals surface area contributed by atoms with Crippen LogP contribution < -0.4 is 10.1 Å². The van der Waals surface area contributed by atoms with Crippen molar-refractivity contribution in [2.45, 2.75) is 20.4 Å². The third-order valence-corrected chi connectivity index (χ3v) is 2.71. The number of ether oxygens (including phenoxy) is 1. The predicted molar refractivity (Wildman–Crippen MR) is 83.2 cm³/mol. The van der Waals surface area contributed by atoms with Crippen LogP contribution in [0.3, 0.4) is 0 Å². The maximum atomic E-state index is 11.1. The van der Waals surface area contributed by atoms with Crippen LogP contribution in [-0.4, -0.2) is 18.1 Å². The molecule has 0 unspecified atom stereocenters. The SMILES string of the molecule is C=C(Br)COc1ccc(CNCC(C)C)cc1[N+](=O)[O-]. The molecule has 0 atom stereocenters. The van der Waals surface area contributed by atoms with E-state index in [2.05, 4.69) is 41.7 Å². The molecule has 0 heterocycles. The summed E-state index contributed by atoms with van der Waals surface area (Å²) in [5.74, 6) is 0.792. The van der Waals surface area contributed by atoms with Gasteiger partial charge in [-0.05, 0) is 24.1 Å². The van der Waals surface area contributed by atoms with Crippen molar-refractivity contribution in [2.75, 3.05) is 13.2 Å². The number of nitro groups is 1. The molecule has 1 rings (SSSR count). The van der Waals surface area contributed by atoms with E-state index >= 15 is 0 Å². The molecule has 0 spiro atoms. The van der Waals surface area contributed by atoms with E-state index in [1.54, 1.807) is 12.1 Å². The minimum atomic E-state index is -0.432. The molecule has 0 saturated carbocycles. The Bertz CT molecular complexity index is 489. The van der Waals surface area contributed by atoms with Crippen molar-refractivity contribution < 1.29 is 9.66 Å². The molecule has 0 saturated heterocycles. The highest BCUT2D eigenvalue weighted by Crippen LogP contribution is 2.28. The normalized spacial score (nSPS) is 10.6. The molecule has 110 valence electrons.